The van der Waals surface area contributed by atoms with E-state index < -0.39 is 23.5 Å². The zero-order valence-corrected chi connectivity index (χ0v) is 11.7. The van der Waals surface area contributed by atoms with Gasteiger partial charge >= 0.3 is 5.97 Å². The highest BCUT2D eigenvalue weighted by Crippen LogP contribution is 2.36. The number of allylic oxidation sites excluding steroid dienone is 3. The number of ketones is 2. The van der Waals surface area contributed by atoms with Crippen LogP contribution in [0.5, 0.6) is 11.5 Å². The van der Waals surface area contributed by atoms with E-state index in [1.165, 1.54) is 19.1 Å². The summed E-state index contributed by atoms with van der Waals surface area (Å²) < 4.78 is 15.4. The molecule has 0 aromatic heterocycles. The molecule has 6 nitrogen and oxygen atoms in total. The van der Waals surface area contributed by atoms with Gasteiger partial charge in [0.2, 0.25) is 6.79 Å². The van der Waals surface area contributed by atoms with Crippen molar-refractivity contribution in [1.82, 2.24) is 0 Å². The number of rotatable bonds is 3. The van der Waals surface area contributed by atoms with Crippen molar-refractivity contribution in [1.29, 1.82) is 0 Å². The van der Waals surface area contributed by atoms with Crippen molar-refractivity contribution in [2.75, 3.05) is 6.79 Å². The Morgan fingerprint density at radius 1 is 1.27 bits per heavy atom. The van der Waals surface area contributed by atoms with E-state index in [0.717, 1.165) is 6.08 Å². The fraction of sp³-hybridized carbons (Fsp3) is 0.188. The van der Waals surface area contributed by atoms with Crippen molar-refractivity contribution >= 4 is 23.6 Å². The van der Waals surface area contributed by atoms with Crippen molar-refractivity contribution < 1.29 is 28.6 Å². The average Bonchev–Trinajstić information content (AvgIpc) is 2.92. The average molecular weight is 300 g/mol. The molecule has 0 spiro atoms. The van der Waals surface area contributed by atoms with Gasteiger partial charge in [0.15, 0.2) is 29.0 Å². The zero-order valence-electron chi connectivity index (χ0n) is 11.7. The predicted molar refractivity (Wildman–Crippen MR) is 75.0 cm³/mol. The molecule has 2 heterocycles. The minimum Gasteiger partial charge on any atom is -0.454 e. The molecule has 1 aromatic carbocycles. The molecule has 112 valence electrons. The van der Waals surface area contributed by atoms with Gasteiger partial charge in [0.05, 0.1) is 0 Å². The topological polar surface area (TPSA) is 78.9 Å². The molecule has 0 amide bonds. The van der Waals surface area contributed by atoms with Crippen LogP contribution in [0, 0.1) is 5.92 Å². The molecule has 1 atom stereocenters. The first-order valence-corrected chi connectivity index (χ1v) is 6.60. The summed E-state index contributed by atoms with van der Waals surface area (Å²) >= 11 is 0. The Labute approximate surface area is 126 Å². The molecule has 1 aromatic rings. The van der Waals surface area contributed by atoms with Crippen LogP contribution in [0.2, 0.25) is 0 Å². The first-order valence-electron chi connectivity index (χ1n) is 6.60. The van der Waals surface area contributed by atoms with Crippen LogP contribution in [0.4, 0.5) is 0 Å². The van der Waals surface area contributed by atoms with Crippen LogP contribution in [-0.4, -0.2) is 24.3 Å². The smallest absolute Gasteiger partial charge is 0.329 e. The van der Waals surface area contributed by atoms with E-state index in [1.54, 1.807) is 18.2 Å². The number of carbonyl (C=O) groups is 3. The lowest BCUT2D eigenvalue weighted by Gasteiger charge is -2.15. The number of esters is 1. The number of hydrogen-bond donors (Lipinski definition) is 0. The Hall–Kier alpha value is -2.89. The monoisotopic (exact) mass is 300 g/mol. The van der Waals surface area contributed by atoms with Crippen molar-refractivity contribution in [2.24, 2.45) is 5.92 Å². The third-order valence-corrected chi connectivity index (χ3v) is 3.27. The Kier molecular flexibility index (Phi) is 3.50. The van der Waals surface area contributed by atoms with Crippen LogP contribution in [0.25, 0.3) is 6.08 Å². The number of para-hydroxylation sites is 1. The summed E-state index contributed by atoms with van der Waals surface area (Å²) in [6.07, 6.45) is 3.81. The quantitative estimate of drug-likeness (QED) is 0.480. The minimum absolute atomic E-state index is 0.117. The van der Waals surface area contributed by atoms with Crippen LogP contribution in [0.1, 0.15) is 12.5 Å². The molecule has 0 fully saturated rings. The maximum atomic E-state index is 12.1. The van der Waals surface area contributed by atoms with Crippen molar-refractivity contribution in [3.63, 3.8) is 0 Å². The second-order valence-corrected chi connectivity index (χ2v) is 4.83. The molecule has 0 N–H and O–H groups in total. The molecule has 3 rings (SSSR count). The molecule has 0 saturated carbocycles. The van der Waals surface area contributed by atoms with E-state index in [0.29, 0.717) is 17.1 Å². The van der Waals surface area contributed by atoms with Gasteiger partial charge in [0.1, 0.15) is 5.76 Å². The van der Waals surface area contributed by atoms with Gasteiger partial charge in [-0.2, -0.15) is 0 Å². The van der Waals surface area contributed by atoms with Crippen LogP contribution < -0.4 is 9.47 Å². The fourth-order valence-corrected chi connectivity index (χ4v) is 2.26. The minimum atomic E-state index is -1.44. The third kappa shape index (κ3) is 2.50. The van der Waals surface area contributed by atoms with Gasteiger partial charge in [-0.05, 0) is 25.1 Å². The molecular formula is C16H12O6. The molecule has 0 saturated heterocycles. The van der Waals surface area contributed by atoms with Crippen LogP contribution in [0.15, 0.2) is 36.1 Å². The van der Waals surface area contributed by atoms with Crippen molar-refractivity contribution in [3.8, 4) is 11.5 Å². The fourth-order valence-electron chi connectivity index (χ4n) is 2.26. The molecule has 2 aliphatic rings. The lowest BCUT2D eigenvalue weighted by Crippen LogP contribution is -2.34. The van der Waals surface area contributed by atoms with Crippen molar-refractivity contribution in [3.05, 3.63) is 41.7 Å². The van der Waals surface area contributed by atoms with E-state index in [9.17, 15) is 14.4 Å². The highest BCUT2D eigenvalue weighted by Gasteiger charge is 2.36. The molecule has 0 radical (unpaired) electrons. The maximum Gasteiger partial charge on any atom is 0.329 e. The summed E-state index contributed by atoms with van der Waals surface area (Å²) in [4.78, 5) is 35.5. The molecule has 0 bridgehead atoms. The van der Waals surface area contributed by atoms with E-state index in [2.05, 4.69) is 0 Å². The molecule has 22 heavy (non-hydrogen) atoms. The summed E-state index contributed by atoms with van der Waals surface area (Å²) in [5, 5.41) is 0. The Morgan fingerprint density at radius 3 is 2.86 bits per heavy atom. The second-order valence-electron chi connectivity index (χ2n) is 4.83. The predicted octanol–water partition coefficient (Wildman–Crippen LogP) is 1.64. The number of fused-ring (bicyclic) bond motifs is 1. The van der Waals surface area contributed by atoms with E-state index in [-0.39, 0.29) is 12.6 Å². The first-order chi connectivity index (χ1) is 10.6. The van der Waals surface area contributed by atoms with E-state index in [1.807, 2.05) is 0 Å². The normalized spacial score (nSPS) is 20.0. The van der Waals surface area contributed by atoms with Gasteiger partial charge in [-0.1, -0.05) is 12.1 Å². The highest BCUT2D eigenvalue weighted by molar-refractivity contribution is 6.25. The Morgan fingerprint density at radius 2 is 2.09 bits per heavy atom. The summed E-state index contributed by atoms with van der Waals surface area (Å²) in [6, 6.07) is 5.24. The number of hydrogen-bond acceptors (Lipinski definition) is 6. The van der Waals surface area contributed by atoms with Crippen LogP contribution in [-0.2, 0) is 19.1 Å². The second kappa shape index (κ2) is 5.48. The number of ether oxygens (including phenoxy) is 3. The number of carbonyl (C=O) groups excluding carboxylic acids is 3. The Balaban J connectivity index is 1.82. The van der Waals surface area contributed by atoms with Gasteiger partial charge in [0, 0.05) is 11.6 Å². The van der Waals surface area contributed by atoms with Crippen LogP contribution >= 0.6 is 0 Å². The van der Waals surface area contributed by atoms with Crippen molar-refractivity contribution in [2.45, 2.75) is 6.92 Å². The highest BCUT2D eigenvalue weighted by atomic mass is 16.7. The summed E-state index contributed by atoms with van der Waals surface area (Å²) in [6.45, 7) is 1.60. The number of cyclic esters (lactones) is 1. The molecule has 2 aliphatic heterocycles. The van der Waals surface area contributed by atoms with Gasteiger partial charge in [-0.3, -0.25) is 14.4 Å². The first kappa shape index (κ1) is 14.1. The summed E-state index contributed by atoms with van der Waals surface area (Å²) in [5.41, 5.74) is 0.631. The SMILES string of the molecule is CC1=CC(=O)C(C(=O)C=Cc2cccc3c2OCO3)C(=O)O1. The van der Waals surface area contributed by atoms with E-state index >= 15 is 0 Å². The summed E-state index contributed by atoms with van der Waals surface area (Å²) in [5.74, 6) is -2.18. The molecular weight excluding hydrogens is 288 g/mol. The maximum absolute atomic E-state index is 12.1. The van der Waals surface area contributed by atoms with E-state index in [4.69, 9.17) is 14.2 Å². The van der Waals surface area contributed by atoms with Crippen LogP contribution in [0.3, 0.4) is 0 Å². The molecule has 1 unspecified atom stereocenters. The zero-order chi connectivity index (χ0) is 15.7. The summed E-state index contributed by atoms with van der Waals surface area (Å²) in [7, 11) is 0. The lowest BCUT2D eigenvalue weighted by molar-refractivity contribution is -0.151. The number of benzene rings is 1. The largest absolute Gasteiger partial charge is 0.454 e. The Bertz CT molecular complexity index is 728. The van der Waals surface area contributed by atoms with Gasteiger partial charge in [-0.15, -0.1) is 0 Å². The molecule has 0 aliphatic carbocycles. The van der Waals surface area contributed by atoms with Gasteiger partial charge in [0.25, 0.3) is 0 Å². The molecule has 6 heteroatoms. The van der Waals surface area contributed by atoms with Gasteiger partial charge in [-0.25, -0.2) is 0 Å². The third-order valence-electron chi connectivity index (χ3n) is 3.27. The van der Waals surface area contributed by atoms with Gasteiger partial charge < -0.3 is 14.2 Å². The lowest BCUT2D eigenvalue weighted by atomic mass is 9.96. The standard InChI is InChI=1S/C16H12O6/c1-9-7-12(18)14(16(19)22-9)11(17)6-5-10-3-2-4-13-15(10)21-8-20-13/h2-7,14H,8H2,1H3.